The van der Waals surface area contributed by atoms with Crippen LogP contribution in [-0.2, 0) is 0 Å². The van der Waals surface area contributed by atoms with E-state index in [1.54, 1.807) is 12.1 Å². The summed E-state index contributed by atoms with van der Waals surface area (Å²) in [5.41, 5.74) is 3.22. The summed E-state index contributed by atoms with van der Waals surface area (Å²) >= 11 is 0. The van der Waals surface area contributed by atoms with E-state index in [-0.39, 0.29) is 11.6 Å². The number of hydrogen-bond acceptors (Lipinski definition) is 3. The van der Waals surface area contributed by atoms with Gasteiger partial charge in [0.05, 0.1) is 0 Å². The minimum Gasteiger partial charge on any atom is -0.421 e. The van der Waals surface area contributed by atoms with Crippen molar-refractivity contribution in [2.24, 2.45) is 0 Å². The molecular formula is C22H15N3O2. The van der Waals surface area contributed by atoms with Crippen LogP contribution in [0.5, 0.6) is 0 Å². The summed E-state index contributed by atoms with van der Waals surface area (Å²) in [7, 11) is 0. The summed E-state index contributed by atoms with van der Waals surface area (Å²) in [5.74, 6) is 0.00800. The highest BCUT2D eigenvalue weighted by atomic mass is 16.4. The maximum atomic E-state index is 12.2. The van der Waals surface area contributed by atoms with Gasteiger partial charge in [0, 0.05) is 16.6 Å². The van der Waals surface area contributed by atoms with Crippen LogP contribution >= 0.6 is 0 Å². The van der Waals surface area contributed by atoms with E-state index >= 15 is 0 Å². The van der Waals surface area contributed by atoms with Crippen molar-refractivity contribution in [1.29, 1.82) is 5.41 Å². The van der Waals surface area contributed by atoms with E-state index in [0.29, 0.717) is 5.58 Å². The van der Waals surface area contributed by atoms with Crippen LogP contribution in [0.4, 0.5) is 5.69 Å². The van der Waals surface area contributed by atoms with Crippen LogP contribution in [-0.4, -0.2) is 5.96 Å². The van der Waals surface area contributed by atoms with Crippen molar-refractivity contribution in [3.63, 3.8) is 0 Å². The third-order valence-corrected chi connectivity index (χ3v) is 4.69. The van der Waals surface area contributed by atoms with Gasteiger partial charge in [-0.25, -0.2) is 4.79 Å². The molecule has 0 unspecified atom stereocenters. The number of rotatable bonds is 2. The molecule has 0 fully saturated rings. The van der Waals surface area contributed by atoms with Gasteiger partial charge >= 0.3 is 5.63 Å². The molecule has 4 aromatic rings. The molecule has 5 heteroatoms. The normalized spacial score (nSPS) is 12.2. The molecule has 0 aliphatic heterocycles. The Morgan fingerprint density at radius 2 is 1.67 bits per heavy atom. The number of anilines is 1. The number of hydrogen-bond donors (Lipinski definition) is 3. The Bertz CT molecular complexity index is 1310. The van der Waals surface area contributed by atoms with Gasteiger partial charge in [-0.05, 0) is 34.5 Å². The summed E-state index contributed by atoms with van der Waals surface area (Å²) in [4.78, 5) is 12.2. The van der Waals surface area contributed by atoms with Crippen LogP contribution in [0.1, 0.15) is 11.1 Å². The second-order valence-electron chi connectivity index (χ2n) is 6.42. The number of guanidine groups is 1. The first-order valence-electron chi connectivity index (χ1n) is 8.58. The number of para-hydroxylation sites is 1. The average molecular weight is 353 g/mol. The smallest absolute Gasteiger partial charge is 0.360 e. The fourth-order valence-corrected chi connectivity index (χ4v) is 3.50. The van der Waals surface area contributed by atoms with Crippen molar-refractivity contribution in [2.45, 2.75) is 0 Å². The predicted octanol–water partition coefficient (Wildman–Crippen LogP) is 4.39. The van der Waals surface area contributed by atoms with Crippen LogP contribution in [0.15, 0.2) is 75.9 Å². The fourth-order valence-electron chi connectivity index (χ4n) is 3.50. The molecule has 3 N–H and O–H groups in total. The topological polar surface area (TPSA) is 78.1 Å². The van der Waals surface area contributed by atoms with E-state index in [9.17, 15) is 4.79 Å². The van der Waals surface area contributed by atoms with E-state index in [1.165, 1.54) is 5.39 Å². The summed E-state index contributed by atoms with van der Waals surface area (Å²) in [5, 5.41) is 17.2. The van der Waals surface area contributed by atoms with Gasteiger partial charge in [-0.2, -0.15) is 0 Å². The second kappa shape index (κ2) is 5.85. The Hall–Kier alpha value is -3.86. The maximum absolute atomic E-state index is 12.2. The zero-order valence-corrected chi connectivity index (χ0v) is 14.2. The van der Waals surface area contributed by atoms with Crippen molar-refractivity contribution >= 4 is 45.2 Å². The van der Waals surface area contributed by atoms with Crippen molar-refractivity contribution in [3.8, 4) is 0 Å². The van der Waals surface area contributed by atoms with Crippen LogP contribution < -0.4 is 16.3 Å². The van der Waals surface area contributed by atoms with E-state index in [1.807, 2.05) is 42.5 Å². The van der Waals surface area contributed by atoms with Crippen molar-refractivity contribution in [3.05, 3.63) is 88.3 Å². The quantitative estimate of drug-likeness (QED) is 0.284. The van der Waals surface area contributed by atoms with Crippen LogP contribution in [0.25, 0.3) is 33.5 Å². The first kappa shape index (κ1) is 15.4. The molecule has 5 nitrogen and oxygen atoms in total. The highest BCUT2D eigenvalue weighted by Crippen LogP contribution is 2.34. The first-order valence-corrected chi connectivity index (χ1v) is 8.58. The van der Waals surface area contributed by atoms with E-state index in [2.05, 4.69) is 28.8 Å². The molecule has 1 aliphatic carbocycles. The second-order valence-corrected chi connectivity index (χ2v) is 6.42. The maximum Gasteiger partial charge on any atom is 0.360 e. The fraction of sp³-hybridized carbons (Fsp3) is 0. The molecule has 27 heavy (non-hydrogen) atoms. The van der Waals surface area contributed by atoms with E-state index in [4.69, 9.17) is 9.83 Å². The molecule has 0 bridgehead atoms. The summed E-state index contributed by atoms with van der Waals surface area (Å²) < 4.78 is 5.30. The lowest BCUT2D eigenvalue weighted by Gasteiger charge is -2.12. The number of nitrogens with one attached hydrogen (secondary N) is 3. The molecule has 1 aliphatic rings. The Kier molecular flexibility index (Phi) is 3.33. The minimum absolute atomic E-state index is 0.00800. The lowest BCUT2D eigenvalue weighted by atomic mass is 10.0. The van der Waals surface area contributed by atoms with Crippen molar-refractivity contribution < 1.29 is 4.42 Å². The minimum atomic E-state index is -0.508. The van der Waals surface area contributed by atoms with Crippen LogP contribution in [0, 0.1) is 5.41 Å². The summed E-state index contributed by atoms with van der Waals surface area (Å²) in [6.45, 7) is 0. The highest BCUT2D eigenvalue weighted by Gasteiger charge is 2.17. The molecule has 1 aromatic heterocycles. The van der Waals surface area contributed by atoms with Gasteiger partial charge in [0.15, 0.2) is 5.96 Å². The lowest BCUT2D eigenvalue weighted by Crippen LogP contribution is -2.29. The first-order chi connectivity index (χ1) is 13.2. The molecule has 0 radical (unpaired) electrons. The molecule has 5 rings (SSSR count). The van der Waals surface area contributed by atoms with Crippen LogP contribution in [0.2, 0.25) is 0 Å². The SMILES string of the molecule is N=C(NC1=Cc2cccc3cccc1c23)Nc1cc2ccccc2oc1=O. The Morgan fingerprint density at radius 1 is 0.889 bits per heavy atom. The summed E-state index contributed by atoms with van der Waals surface area (Å²) in [6.07, 6.45) is 2.01. The molecule has 130 valence electrons. The van der Waals surface area contributed by atoms with Gasteiger partial charge in [0.1, 0.15) is 11.3 Å². The van der Waals surface area contributed by atoms with Gasteiger partial charge < -0.3 is 15.1 Å². The molecule has 0 atom stereocenters. The Morgan fingerprint density at radius 3 is 2.56 bits per heavy atom. The lowest BCUT2D eigenvalue weighted by molar-refractivity contribution is 0.564. The molecule has 3 aromatic carbocycles. The third kappa shape index (κ3) is 2.57. The molecular weight excluding hydrogens is 338 g/mol. The van der Waals surface area contributed by atoms with Gasteiger partial charge in [-0.1, -0.05) is 54.6 Å². The standard InChI is InChI=1S/C22H15N3O2/c23-22(25-18-11-14-5-1-2-10-19(14)27-21(18)26)24-17-12-15-8-3-6-13-7-4-9-16(17)20(13)15/h1-12H,(H3,23,24,25). The largest absolute Gasteiger partial charge is 0.421 e. The van der Waals surface area contributed by atoms with Crippen molar-refractivity contribution in [1.82, 2.24) is 5.32 Å². The van der Waals surface area contributed by atoms with Crippen molar-refractivity contribution in [2.75, 3.05) is 5.32 Å². The molecule has 0 saturated heterocycles. The van der Waals surface area contributed by atoms with E-state index in [0.717, 1.165) is 27.6 Å². The Labute approximate surface area is 154 Å². The monoisotopic (exact) mass is 353 g/mol. The van der Waals surface area contributed by atoms with E-state index < -0.39 is 5.63 Å². The average Bonchev–Trinajstić information content (AvgIpc) is 3.02. The highest BCUT2D eigenvalue weighted by molar-refractivity contribution is 6.12. The molecule has 1 heterocycles. The van der Waals surface area contributed by atoms with Gasteiger partial charge in [0.25, 0.3) is 0 Å². The Balaban J connectivity index is 1.43. The zero-order chi connectivity index (χ0) is 18.4. The predicted molar refractivity (Wildman–Crippen MR) is 109 cm³/mol. The summed E-state index contributed by atoms with van der Waals surface area (Å²) in [6, 6.07) is 21.2. The van der Waals surface area contributed by atoms with Gasteiger partial charge in [0.2, 0.25) is 0 Å². The molecule has 0 spiro atoms. The molecule has 0 amide bonds. The number of benzene rings is 3. The van der Waals surface area contributed by atoms with Gasteiger partial charge in [-0.15, -0.1) is 0 Å². The third-order valence-electron chi connectivity index (χ3n) is 4.69. The zero-order valence-electron chi connectivity index (χ0n) is 14.2. The van der Waals surface area contributed by atoms with Crippen LogP contribution in [0.3, 0.4) is 0 Å². The van der Waals surface area contributed by atoms with Gasteiger partial charge in [-0.3, -0.25) is 5.41 Å². The number of fused-ring (bicyclic) bond motifs is 1. The molecule has 0 saturated carbocycles.